The Balaban J connectivity index is 1.75. The molecule has 0 spiro atoms. The van der Waals surface area contributed by atoms with Gasteiger partial charge in [0.15, 0.2) is 11.3 Å². The first-order valence-corrected chi connectivity index (χ1v) is 8.19. The third kappa shape index (κ3) is 2.73. The summed E-state index contributed by atoms with van der Waals surface area (Å²) in [5, 5.41) is 4.44. The average Bonchev–Trinajstić information content (AvgIpc) is 3.10. The van der Waals surface area contributed by atoms with E-state index in [0.29, 0.717) is 29.0 Å². The van der Waals surface area contributed by atoms with Gasteiger partial charge in [-0.15, -0.1) is 0 Å². The SMILES string of the molecule is CCN1CCC[C@H]1CNC(=O)c1oc2c(Cl)cccc2c1C. The molecule has 1 amide bonds. The van der Waals surface area contributed by atoms with Crippen molar-refractivity contribution in [1.29, 1.82) is 0 Å². The van der Waals surface area contributed by atoms with Crippen molar-refractivity contribution < 1.29 is 9.21 Å². The van der Waals surface area contributed by atoms with Gasteiger partial charge in [0.1, 0.15) is 0 Å². The summed E-state index contributed by atoms with van der Waals surface area (Å²) >= 11 is 6.13. The van der Waals surface area contributed by atoms with Crippen LogP contribution in [0.25, 0.3) is 11.0 Å². The smallest absolute Gasteiger partial charge is 0.287 e. The van der Waals surface area contributed by atoms with Crippen LogP contribution in [-0.2, 0) is 0 Å². The monoisotopic (exact) mass is 320 g/mol. The Morgan fingerprint density at radius 2 is 2.32 bits per heavy atom. The molecule has 0 aliphatic carbocycles. The molecule has 4 nitrogen and oxygen atoms in total. The van der Waals surface area contributed by atoms with Gasteiger partial charge in [-0.1, -0.05) is 30.7 Å². The van der Waals surface area contributed by atoms with E-state index < -0.39 is 0 Å². The number of halogens is 1. The Kier molecular flexibility index (Phi) is 4.41. The third-order valence-corrected chi connectivity index (χ3v) is 4.82. The van der Waals surface area contributed by atoms with E-state index in [1.165, 1.54) is 6.42 Å². The summed E-state index contributed by atoms with van der Waals surface area (Å²) in [6.07, 6.45) is 2.34. The number of nitrogens with one attached hydrogen (secondary N) is 1. The number of nitrogens with zero attached hydrogens (tertiary/aromatic N) is 1. The van der Waals surface area contributed by atoms with Crippen LogP contribution in [0.1, 0.15) is 35.9 Å². The lowest BCUT2D eigenvalue weighted by molar-refractivity contribution is 0.0915. The number of fused-ring (bicyclic) bond motifs is 1. The molecular formula is C17H21ClN2O2. The standard InChI is InChI=1S/C17H21ClN2O2/c1-3-20-9-5-6-12(20)10-19-17(21)15-11(2)13-7-4-8-14(18)16(13)22-15/h4,7-8,12H,3,5-6,9-10H2,1-2H3,(H,19,21)/t12-/m0/s1. The number of likely N-dealkylation sites (tertiary alicyclic amines) is 1. The van der Waals surface area contributed by atoms with Crippen molar-refractivity contribution in [2.24, 2.45) is 0 Å². The Morgan fingerprint density at radius 3 is 3.05 bits per heavy atom. The van der Waals surface area contributed by atoms with Gasteiger partial charge < -0.3 is 9.73 Å². The molecule has 22 heavy (non-hydrogen) atoms. The quantitative estimate of drug-likeness (QED) is 0.936. The van der Waals surface area contributed by atoms with Crippen molar-refractivity contribution >= 4 is 28.5 Å². The topological polar surface area (TPSA) is 45.5 Å². The third-order valence-electron chi connectivity index (χ3n) is 4.53. The van der Waals surface area contributed by atoms with E-state index in [2.05, 4.69) is 17.1 Å². The number of para-hydroxylation sites is 1. The van der Waals surface area contributed by atoms with E-state index >= 15 is 0 Å². The Morgan fingerprint density at radius 1 is 1.50 bits per heavy atom. The lowest BCUT2D eigenvalue weighted by Crippen LogP contribution is -2.40. The highest BCUT2D eigenvalue weighted by Gasteiger charge is 2.25. The molecule has 2 aromatic rings. The van der Waals surface area contributed by atoms with Crippen LogP contribution in [0.4, 0.5) is 0 Å². The van der Waals surface area contributed by atoms with Crippen molar-refractivity contribution in [3.8, 4) is 0 Å². The molecule has 118 valence electrons. The lowest BCUT2D eigenvalue weighted by Gasteiger charge is -2.22. The number of amides is 1. The summed E-state index contributed by atoms with van der Waals surface area (Å²) < 4.78 is 5.70. The number of furan rings is 1. The van der Waals surface area contributed by atoms with Crippen LogP contribution in [0.5, 0.6) is 0 Å². The molecule has 1 atom stereocenters. The average molecular weight is 321 g/mol. The minimum atomic E-state index is -0.160. The zero-order valence-electron chi connectivity index (χ0n) is 13.0. The van der Waals surface area contributed by atoms with Crippen LogP contribution < -0.4 is 5.32 Å². The van der Waals surface area contributed by atoms with E-state index in [4.69, 9.17) is 16.0 Å². The molecule has 0 bridgehead atoms. The molecule has 1 N–H and O–H groups in total. The second-order valence-corrected chi connectivity index (χ2v) is 6.21. The van der Waals surface area contributed by atoms with E-state index in [-0.39, 0.29) is 5.91 Å². The number of hydrogen-bond acceptors (Lipinski definition) is 3. The van der Waals surface area contributed by atoms with Crippen LogP contribution in [0.2, 0.25) is 5.02 Å². The highest BCUT2D eigenvalue weighted by atomic mass is 35.5. The normalized spacial score (nSPS) is 19.0. The van der Waals surface area contributed by atoms with Crippen LogP contribution in [-0.4, -0.2) is 36.5 Å². The maximum absolute atomic E-state index is 12.4. The molecule has 1 aromatic heterocycles. The summed E-state index contributed by atoms with van der Waals surface area (Å²) in [6.45, 7) is 6.86. The molecule has 5 heteroatoms. The first kappa shape index (κ1) is 15.4. The van der Waals surface area contributed by atoms with Gasteiger partial charge in [-0.25, -0.2) is 0 Å². The van der Waals surface area contributed by atoms with Gasteiger partial charge in [0.25, 0.3) is 5.91 Å². The zero-order valence-corrected chi connectivity index (χ0v) is 13.7. The molecule has 0 saturated carbocycles. The predicted octanol–water partition coefficient (Wildman–Crippen LogP) is 3.61. The van der Waals surface area contributed by atoms with Gasteiger partial charge in [0.2, 0.25) is 0 Å². The van der Waals surface area contributed by atoms with Gasteiger partial charge in [-0.2, -0.15) is 0 Å². The summed E-state index contributed by atoms with van der Waals surface area (Å²) in [5.74, 6) is 0.205. The summed E-state index contributed by atoms with van der Waals surface area (Å²) in [5.41, 5.74) is 1.43. The van der Waals surface area contributed by atoms with Crippen LogP contribution >= 0.6 is 11.6 Å². The zero-order chi connectivity index (χ0) is 15.7. The molecular weight excluding hydrogens is 300 g/mol. The van der Waals surface area contributed by atoms with E-state index in [1.807, 2.05) is 19.1 Å². The van der Waals surface area contributed by atoms with Gasteiger partial charge in [0, 0.05) is 23.5 Å². The number of likely N-dealkylation sites (N-methyl/N-ethyl adjacent to an activating group) is 1. The molecule has 3 rings (SSSR count). The molecule has 0 radical (unpaired) electrons. The Bertz CT molecular complexity index is 695. The van der Waals surface area contributed by atoms with E-state index in [9.17, 15) is 4.79 Å². The number of carbonyl (C=O) groups is 1. The number of rotatable bonds is 4. The highest BCUT2D eigenvalue weighted by Crippen LogP contribution is 2.30. The molecule has 1 saturated heterocycles. The Labute approximate surface area is 135 Å². The van der Waals surface area contributed by atoms with Crippen molar-refractivity contribution in [2.45, 2.75) is 32.7 Å². The lowest BCUT2D eigenvalue weighted by atomic mass is 10.1. The van der Waals surface area contributed by atoms with Gasteiger partial charge in [-0.3, -0.25) is 9.69 Å². The largest absolute Gasteiger partial charge is 0.449 e. The van der Waals surface area contributed by atoms with Gasteiger partial charge in [0.05, 0.1) is 5.02 Å². The minimum Gasteiger partial charge on any atom is -0.449 e. The number of benzene rings is 1. The first-order valence-electron chi connectivity index (χ1n) is 7.81. The molecule has 1 aliphatic heterocycles. The molecule has 1 aliphatic rings. The van der Waals surface area contributed by atoms with Crippen molar-refractivity contribution in [1.82, 2.24) is 10.2 Å². The molecule has 1 aromatic carbocycles. The van der Waals surface area contributed by atoms with Crippen molar-refractivity contribution in [2.75, 3.05) is 19.6 Å². The van der Waals surface area contributed by atoms with Crippen molar-refractivity contribution in [3.63, 3.8) is 0 Å². The summed E-state index contributed by atoms with van der Waals surface area (Å²) in [4.78, 5) is 14.8. The second-order valence-electron chi connectivity index (χ2n) is 5.81. The van der Waals surface area contributed by atoms with Gasteiger partial charge >= 0.3 is 0 Å². The fraction of sp³-hybridized carbons (Fsp3) is 0.471. The predicted molar refractivity (Wildman–Crippen MR) is 88.6 cm³/mol. The second kappa shape index (κ2) is 6.31. The fourth-order valence-corrected chi connectivity index (χ4v) is 3.47. The van der Waals surface area contributed by atoms with Crippen LogP contribution in [0.3, 0.4) is 0 Å². The maximum Gasteiger partial charge on any atom is 0.287 e. The molecule has 0 unspecified atom stereocenters. The van der Waals surface area contributed by atoms with Crippen LogP contribution in [0, 0.1) is 6.92 Å². The maximum atomic E-state index is 12.4. The van der Waals surface area contributed by atoms with E-state index in [0.717, 1.165) is 30.5 Å². The molecule has 2 heterocycles. The van der Waals surface area contributed by atoms with Crippen LogP contribution in [0.15, 0.2) is 22.6 Å². The Hall–Kier alpha value is -1.52. The summed E-state index contributed by atoms with van der Waals surface area (Å²) in [7, 11) is 0. The minimum absolute atomic E-state index is 0.160. The van der Waals surface area contributed by atoms with Gasteiger partial charge in [-0.05, 0) is 38.9 Å². The number of carbonyl (C=O) groups excluding carboxylic acids is 1. The highest BCUT2D eigenvalue weighted by molar-refractivity contribution is 6.35. The summed E-state index contributed by atoms with van der Waals surface area (Å²) in [6, 6.07) is 5.99. The first-order chi connectivity index (χ1) is 10.6. The molecule has 1 fully saturated rings. The van der Waals surface area contributed by atoms with Crippen molar-refractivity contribution in [3.05, 3.63) is 34.5 Å². The number of hydrogen-bond donors (Lipinski definition) is 1. The van der Waals surface area contributed by atoms with E-state index in [1.54, 1.807) is 6.07 Å². The fourth-order valence-electron chi connectivity index (χ4n) is 3.26. The number of aryl methyl sites for hydroxylation is 1.